The summed E-state index contributed by atoms with van der Waals surface area (Å²) in [5, 5.41) is 23.0. The number of carbonyl (C=O) groups excluding carboxylic acids is 1. The summed E-state index contributed by atoms with van der Waals surface area (Å²) >= 11 is 0. The Morgan fingerprint density at radius 1 is 1.48 bits per heavy atom. The summed E-state index contributed by atoms with van der Waals surface area (Å²) in [5.41, 5.74) is 0. The first-order valence-electron chi connectivity index (χ1n) is 8.65. The van der Waals surface area contributed by atoms with Crippen molar-refractivity contribution in [1.82, 2.24) is 19.8 Å². The number of nitriles is 1. The molecule has 1 aliphatic carbocycles. The summed E-state index contributed by atoms with van der Waals surface area (Å²) in [6.07, 6.45) is 7.55. The average Bonchev–Trinajstić information content (AvgIpc) is 3.33. The van der Waals surface area contributed by atoms with Crippen molar-refractivity contribution in [2.24, 2.45) is 5.92 Å². The topological polar surface area (TPSA) is 117 Å². The van der Waals surface area contributed by atoms with Crippen LogP contribution < -0.4 is 5.32 Å². The highest BCUT2D eigenvalue weighted by Gasteiger charge is 2.30. The number of carbonyl (C=O) groups is 1. The molecule has 9 nitrogen and oxygen atoms in total. The Morgan fingerprint density at radius 2 is 2.32 bits per heavy atom. The molecule has 1 N–H and O–H groups in total. The predicted octanol–water partition coefficient (Wildman–Crippen LogP) is 1.06. The zero-order chi connectivity index (χ0) is 17.8. The van der Waals surface area contributed by atoms with Gasteiger partial charge < -0.3 is 24.9 Å². The van der Waals surface area contributed by atoms with Crippen molar-refractivity contribution in [3.63, 3.8) is 0 Å². The second kappa shape index (κ2) is 7.61. The Labute approximate surface area is 145 Å². The number of aromatic nitrogens is 2. The highest BCUT2D eigenvalue weighted by atomic mass is 16.6. The molecule has 1 amide bonds. The van der Waals surface area contributed by atoms with Gasteiger partial charge in [-0.15, -0.1) is 0 Å². The number of likely N-dealkylation sites (tertiary alicyclic amines) is 1. The average molecular weight is 346 g/mol. The quantitative estimate of drug-likeness (QED) is 0.608. The van der Waals surface area contributed by atoms with Crippen LogP contribution in [0.4, 0.5) is 5.82 Å². The number of nitrogens with one attached hydrogen (secondary N) is 1. The number of rotatable bonds is 6. The molecular formula is C16H22N6O3. The summed E-state index contributed by atoms with van der Waals surface area (Å²) in [6, 6.07) is 2.19. The molecule has 2 heterocycles. The van der Waals surface area contributed by atoms with E-state index in [1.165, 1.54) is 12.5 Å². The van der Waals surface area contributed by atoms with Crippen molar-refractivity contribution in [3.8, 4) is 6.07 Å². The van der Waals surface area contributed by atoms with Crippen LogP contribution in [0.3, 0.4) is 0 Å². The minimum absolute atomic E-state index is 0.00210. The molecular weight excluding hydrogens is 324 g/mol. The highest BCUT2D eigenvalue weighted by molar-refractivity contribution is 5.79. The molecule has 134 valence electrons. The minimum atomic E-state index is -0.492. The molecule has 1 aromatic heterocycles. The standard InChI is InChI=1S/C16H22N6O3/c17-7-14-2-1-5-21(14)16(23)8-18-13-4-3-12(6-13)9-20-10-15(19-11-20)22(24)25/h10-14,18H,1-6,8-9H2/t12?,13?,14-/m0/s1. The van der Waals surface area contributed by atoms with Crippen molar-refractivity contribution >= 4 is 11.7 Å². The molecule has 3 rings (SSSR count). The Bertz CT molecular complexity index is 682. The third-order valence-corrected chi connectivity index (χ3v) is 5.08. The first-order valence-corrected chi connectivity index (χ1v) is 8.65. The molecule has 0 aromatic carbocycles. The first-order chi connectivity index (χ1) is 12.1. The van der Waals surface area contributed by atoms with Gasteiger partial charge in [-0.3, -0.25) is 4.79 Å². The van der Waals surface area contributed by atoms with Crippen molar-refractivity contribution in [1.29, 1.82) is 5.26 Å². The van der Waals surface area contributed by atoms with Crippen LogP contribution in [0.5, 0.6) is 0 Å². The Balaban J connectivity index is 1.43. The molecule has 1 saturated heterocycles. The van der Waals surface area contributed by atoms with E-state index in [4.69, 9.17) is 5.26 Å². The van der Waals surface area contributed by atoms with Gasteiger partial charge in [0.25, 0.3) is 0 Å². The van der Waals surface area contributed by atoms with Gasteiger partial charge >= 0.3 is 5.82 Å². The van der Waals surface area contributed by atoms with Gasteiger partial charge in [0, 0.05) is 19.1 Å². The summed E-state index contributed by atoms with van der Waals surface area (Å²) in [5.74, 6) is 0.286. The maximum atomic E-state index is 12.2. The van der Waals surface area contributed by atoms with Crippen molar-refractivity contribution in [2.45, 2.75) is 50.7 Å². The molecule has 1 aliphatic heterocycles. The van der Waals surface area contributed by atoms with E-state index in [0.717, 1.165) is 32.1 Å². The fraction of sp³-hybridized carbons (Fsp3) is 0.688. The molecule has 2 fully saturated rings. The van der Waals surface area contributed by atoms with Crippen LogP contribution in [0.1, 0.15) is 32.1 Å². The highest BCUT2D eigenvalue weighted by Crippen LogP contribution is 2.27. The minimum Gasteiger partial charge on any atom is -0.358 e. The van der Waals surface area contributed by atoms with Crippen molar-refractivity contribution < 1.29 is 9.72 Å². The Kier molecular flexibility index (Phi) is 5.28. The number of hydrogen-bond acceptors (Lipinski definition) is 6. The molecule has 25 heavy (non-hydrogen) atoms. The number of imidazole rings is 1. The SMILES string of the molecule is N#C[C@@H]1CCCN1C(=O)CNC1CCC(Cn2cnc([N+](=O)[O-])c2)C1. The number of amides is 1. The fourth-order valence-electron chi connectivity index (χ4n) is 3.80. The summed E-state index contributed by atoms with van der Waals surface area (Å²) in [7, 11) is 0. The second-order valence-corrected chi connectivity index (χ2v) is 6.82. The van der Waals surface area contributed by atoms with E-state index >= 15 is 0 Å². The molecule has 9 heteroatoms. The van der Waals surface area contributed by atoms with Crippen LogP contribution in [0.15, 0.2) is 12.5 Å². The number of hydrogen-bond donors (Lipinski definition) is 1. The molecule has 1 aromatic rings. The van der Waals surface area contributed by atoms with E-state index in [0.29, 0.717) is 19.0 Å². The van der Waals surface area contributed by atoms with E-state index < -0.39 is 4.92 Å². The molecule has 2 unspecified atom stereocenters. The Hall–Kier alpha value is -2.47. The predicted molar refractivity (Wildman–Crippen MR) is 88.4 cm³/mol. The van der Waals surface area contributed by atoms with Gasteiger partial charge in [-0.2, -0.15) is 5.26 Å². The second-order valence-electron chi connectivity index (χ2n) is 6.82. The zero-order valence-corrected chi connectivity index (χ0v) is 14.0. The normalized spacial score (nSPS) is 25.9. The molecule has 0 radical (unpaired) electrons. The van der Waals surface area contributed by atoms with Gasteiger partial charge in [-0.05, 0) is 47.9 Å². The van der Waals surface area contributed by atoms with Gasteiger partial charge in [-0.1, -0.05) is 0 Å². The van der Waals surface area contributed by atoms with Crippen molar-refractivity contribution in [2.75, 3.05) is 13.1 Å². The molecule has 0 spiro atoms. The maximum Gasteiger partial charge on any atom is 0.381 e. The third kappa shape index (κ3) is 4.14. The van der Waals surface area contributed by atoms with Crippen LogP contribution in [0.25, 0.3) is 0 Å². The van der Waals surface area contributed by atoms with Crippen LogP contribution in [-0.2, 0) is 11.3 Å². The lowest BCUT2D eigenvalue weighted by molar-refractivity contribution is -0.389. The van der Waals surface area contributed by atoms with Crippen LogP contribution in [-0.4, -0.2) is 50.5 Å². The zero-order valence-electron chi connectivity index (χ0n) is 14.0. The number of nitrogens with zero attached hydrogens (tertiary/aromatic N) is 5. The van der Waals surface area contributed by atoms with E-state index in [1.54, 1.807) is 9.47 Å². The van der Waals surface area contributed by atoms with E-state index in [1.807, 2.05) is 0 Å². The van der Waals surface area contributed by atoms with Crippen LogP contribution in [0, 0.1) is 27.4 Å². The molecule has 3 atom stereocenters. The lowest BCUT2D eigenvalue weighted by Crippen LogP contribution is -2.42. The fourth-order valence-corrected chi connectivity index (χ4v) is 3.80. The van der Waals surface area contributed by atoms with Crippen molar-refractivity contribution in [3.05, 3.63) is 22.6 Å². The molecule has 0 bridgehead atoms. The van der Waals surface area contributed by atoms with Gasteiger partial charge in [0.1, 0.15) is 12.2 Å². The van der Waals surface area contributed by atoms with Gasteiger partial charge in [0.15, 0.2) is 0 Å². The van der Waals surface area contributed by atoms with Gasteiger partial charge in [0.2, 0.25) is 12.2 Å². The van der Waals surface area contributed by atoms with E-state index in [9.17, 15) is 14.9 Å². The molecule has 2 aliphatic rings. The van der Waals surface area contributed by atoms with E-state index in [-0.39, 0.29) is 30.4 Å². The van der Waals surface area contributed by atoms with Crippen LogP contribution >= 0.6 is 0 Å². The Morgan fingerprint density at radius 3 is 3.04 bits per heavy atom. The first kappa shape index (κ1) is 17.4. The lowest BCUT2D eigenvalue weighted by atomic mass is 10.1. The van der Waals surface area contributed by atoms with Gasteiger partial charge in [0.05, 0.1) is 12.6 Å². The monoisotopic (exact) mass is 346 g/mol. The summed E-state index contributed by atoms with van der Waals surface area (Å²) < 4.78 is 1.76. The number of nitro groups is 1. The largest absolute Gasteiger partial charge is 0.381 e. The third-order valence-electron chi connectivity index (χ3n) is 5.08. The summed E-state index contributed by atoms with van der Waals surface area (Å²) in [6.45, 7) is 1.65. The van der Waals surface area contributed by atoms with Gasteiger partial charge in [-0.25, -0.2) is 0 Å². The maximum absolute atomic E-state index is 12.2. The van der Waals surface area contributed by atoms with Crippen LogP contribution in [0.2, 0.25) is 0 Å². The molecule has 1 saturated carbocycles. The summed E-state index contributed by atoms with van der Waals surface area (Å²) in [4.78, 5) is 27.9. The smallest absolute Gasteiger partial charge is 0.358 e. The lowest BCUT2D eigenvalue weighted by Gasteiger charge is -2.21. The van der Waals surface area contributed by atoms with E-state index in [2.05, 4.69) is 16.4 Å².